The molecule has 1 aromatic heterocycles. The SMILES string of the molecule is CCNC(=NCc1nnc(C)n1C)NCC1(C)CCCO1.I. The number of hydrogen-bond donors (Lipinski definition) is 2. The quantitative estimate of drug-likeness (QED) is 0.426. The van der Waals surface area contributed by atoms with Gasteiger partial charge >= 0.3 is 0 Å². The molecule has 7 nitrogen and oxygen atoms in total. The number of rotatable bonds is 5. The van der Waals surface area contributed by atoms with E-state index in [0.717, 1.165) is 50.1 Å². The molecule has 8 heteroatoms. The molecule has 0 spiro atoms. The van der Waals surface area contributed by atoms with Crippen molar-refractivity contribution in [2.45, 2.75) is 45.8 Å². The minimum Gasteiger partial charge on any atom is -0.373 e. The zero-order valence-corrected chi connectivity index (χ0v) is 16.2. The third-order valence-corrected chi connectivity index (χ3v) is 3.84. The molecule has 0 bridgehead atoms. The summed E-state index contributed by atoms with van der Waals surface area (Å²) in [5, 5.41) is 14.8. The summed E-state index contributed by atoms with van der Waals surface area (Å²) >= 11 is 0. The van der Waals surface area contributed by atoms with E-state index in [0.29, 0.717) is 6.54 Å². The van der Waals surface area contributed by atoms with Crippen molar-refractivity contribution in [3.8, 4) is 0 Å². The summed E-state index contributed by atoms with van der Waals surface area (Å²) in [5.74, 6) is 2.54. The van der Waals surface area contributed by atoms with Gasteiger partial charge in [0.25, 0.3) is 0 Å². The van der Waals surface area contributed by atoms with Gasteiger partial charge in [0, 0.05) is 26.7 Å². The van der Waals surface area contributed by atoms with E-state index >= 15 is 0 Å². The third kappa shape index (κ3) is 5.08. The standard InChI is InChI=1S/C14H26N6O.HI/c1-5-15-13(17-10-14(3)7-6-8-21-14)16-9-12-19-18-11(2)20(12)4;/h5-10H2,1-4H3,(H2,15,16,17);1H. The van der Waals surface area contributed by atoms with Crippen molar-refractivity contribution < 1.29 is 4.74 Å². The zero-order chi connectivity index (χ0) is 15.3. The van der Waals surface area contributed by atoms with Gasteiger partial charge in [-0.25, -0.2) is 4.99 Å². The van der Waals surface area contributed by atoms with E-state index < -0.39 is 0 Å². The van der Waals surface area contributed by atoms with E-state index in [1.807, 2.05) is 18.5 Å². The van der Waals surface area contributed by atoms with Crippen LogP contribution in [0.5, 0.6) is 0 Å². The number of aryl methyl sites for hydroxylation is 1. The molecule has 2 N–H and O–H groups in total. The zero-order valence-electron chi connectivity index (χ0n) is 13.8. The van der Waals surface area contributed by atoms with Crippen LogP contribution in [0.1, 0.15) is 38.3 Å². The van der Waals surface area contributed by atoms with Crippen molar-refractivity contribution in [1.82, 2.24) is 25.4 Å². The summed E-state index contributed by atoms with van der Waals surface area (Å²) < 4.78 is 7.74. The molecular weight excluding hydrogens is 395 g/mol. The fourth-order valence-electron chi connectivity index (χ4n) is 2.33. The molecule has 0 aromatic carbocycles. The van der Waals surface area contributed by atoms with Crippen LogP contribution in [0.25, 0.3) is 0 Å². The lowest BCUT2D eigenvalue weighted by Gasteiger charge is -2.24. The molecule has 1 unspecified atom stereocenters. The van der Waals surface area contributed by atoms with E-state index in [9.17, 15) is 0 Å². The van der Waals surface area contributed by atoms with Gasteiger partial charge in [-0.3, -0.25) is 0 Å². The highest BCUT2D eigenvalue weighted by molar-refractivity contribution is 14.0. The molecule has 1 saturated heterocycles. The highest BCUT2D eigenvalue weighted by atomic mass is 127. The van der Waals surface area contributed by atoms with Gasteiger partial charge in [0.1, 0.15) is 12.4 Å². The van der Waals surface area contributed by atoms with Crippen molar-refractivity contribution in [1.29, 1.82) is 0 Å². The molecule has 1 aliphatic rings. The lowest BCUT2D eigenvalue weighted by molar-refractivity contribution is 0.0243. The van der Waals surface area contributed by atoms with E-state index in [1.165, 1.54) is 0 Å². The summed E-state index contributed by atoms with van der Waals surface area (Å²) in [6.07, 6.45) is 2.21. The van der Waals surface area contributed by atoms with Crippen molar-refractivity contribution in [3.05, 3.63) is 11.6 Å². The molecule has 1 atom stereocenters. The summed E-state index contributed by atoms with van der Waals surface area (Å²) in [6.45, 7) is 9.06. The van der Waals surface area contributed by atoms with Crippen LogP contribution in [0.15, 0.2) is 4.99 Å². The molecule has 0 aliphatic carbocycles. The number of halogens is 1. The average Bonchev–Trinajstić information content (AvgIpc) is 3.03. The first-order chi connectivity index (χ1) is 10.0. The van der Waals surface area contributed by atoms with Crippen molar-refractivity contribution >= 4 is 29.9 Å². The lowest BCUT2D eigenvalue weighted by atomic mass is 10.0. The lowest BCUT2D eigenvalue weighted by Crippen LogP contribution is -2.45. The summed E-state index contributed by atoms with van der Waals surface area (Å²) in [7, 11) is 1.95. The molecule has 0 radical (unpaired) electrons. The molecule has 0 saturated carbocycles. The Balaban J connectivity index is 0.00000242. The Kier molecular flexibility index (Phi) is 7.54. The number of nitrogens with zero attached hydrogens (tertiary/aromatic N) is 4. The Labute approximate surface area is 149 Å². The van der Waals surface area contributed by atoms with Crippen molar-refractivity contribution in [2.24, 2.45) is 12.0 Å². The van der Waals surface area contributed by atoms with Crippen LogP contribution in [0, 0.1) is 6.92 Å². The first-order valence-electron chi connectivity index (χ1n) is 7.55. The number of aromatic nitrogens is 3. The molecule has 22 heavy (non-hydrogen) atoms. The van der Waals surface area contributed by atoms with Crippen molar-refractivity contribution in [3.63, 3.8) is 0 Å². The maximum absolute atomic E-state index is 5.78. The first kappa shape index (κ1) is 19.1. The van der Waals surface area contributed by atoms with E-state index in [4.69, 9.17) is 4.74 Å². The van der Waals surface area contributed by atoms with Gasteiger partial charge in [-0.2, -0.15) is 0 Å². The van der Waals surface area contributed by atoms with Gasteiger partial charge in [-0.1, -0.05) is 0 Å². The smallest absolute Gasteiger partial charge is 0.191 e. The second-order valence-corrected chi connectivity index (χ2v) is 5.67. The van der Waals surface area contributed by atoms with Gasteiger partial charge in [-0.05, 0) is 33.6 Å². The van der Waals surface area contributed by atoms with Crippen LogP contribution in [-0.2, 0) is 18.3 Å². The molecule has 0 amide bonds. The van der Waals surface area contributed by atoms with E-state index in [1.54, 1.807) is 0 Å². The Morgan fingerprint density at radius 3 is 2.73 bits per heavy atom. The van der Waals surface area contributed by atoms with Gasteiger partial charge in [0.15, 0.2) is 11.8 Å². The monoisotopic (exact) mass is 422 g/mol. The number of guanidine groups is 1. The van der Waals surface area contributed by atoms with Crippen LogP contribution < -0.4 is 10.6 Å². The Hall–Kier alpha value is -0.900. The second-order valence-electron chi connectivity index (χ2n) is 5.67. The van der Waals surface area contributed by atoms with Gasteiger partial charge < -0.3 is 19.9 Å². The number of ether oxygens (including phenoxy) is 1. The summed E-state index contributed by atoms with van der Waals surface area (Å²) in [6, 6.07) is 0. The predicted octanol–water partition coefficient (Wildman–Crippen LogP) is 1.37. The van der Waals surface area contributed by atoms with Crippen molar-refractivity contribution in [2.75, 3.05) is 19.7 Å². The maximum atomic E-state index is 5.78. The third-order valence-electron chi connectivity index (χ3n) is 3.84. The molecule has 1 fully saturated rings. The highest BCUT2D eigenvalue weighted by Crippen LogP contribution is 2.23. The molecule has 2 rings (SSSR count). The van der Waals surface area contributed by atoms with Gasteiger partial charge in [-0.15, -0.1) is 34.2 Å². The van der Waals surface area contributed by atoms with E-state index in [-0.39, 0.29) is 29.6 Å². The molecular formula is C14H27IN6O. The molecule has 1 aromatic rings. The minimum absolute atomic E-state index is 0. The number of nitrogens with one attached hydrogen (secondary N) is 2. The largest absolute Gasteiger partial charge is 0.373 e. The number of aliphatic imine (C=N–C) groups is 1. The minimum atomic E-state index is -0.0858. The maximum Gasteiger partial charge on any atom is 0.191 e. The van der Waals surface area contributed by atoms with Gasteiger partial charge in [0.05, 0.1) is 5.60 Å². The first-order valence-corrected chi connectivity index (χ1v) is 7.55. The fraction of sp³-hybridized carbons (Fsp3) is 0.786. The Bertz CT molecular complexity index is 496. The molecule has 2 heterocycles. The Morgan fingerprint density at radius 1 is 1.41 bits per heavy atom. The molecule has 1 aliphatic heterocycles. The van der Waals surface area contributed by atoms with E-state index in [2.05, 4.69) is 39.7 Å². The average molecular weight is 422 g/mol. The second kappa shape index (κ2) is 8.66. The van der Waals surface area contributed by atoms with Crippen LogP contribution in [-0.4, -0.2) is 46.0 Å². The van der Waals surface area contributed by atoms with Crippen LogP contribution in [0.3, 0.4) is 0 Å². The Morgan fingerprint density at radius 2 is 2.18 bits per heavy atom. The topological polar surface area (TPSA) is 76.4 Å². The summed E-state index contributed by atoms with van der Waals surface area (Å²) in [5.41, 5.74) is -0.0858. The summed E-state index contributed by atoms with van der Waals surface area (Å²) in [4.78, 5) is 4.57. The normalized spacial score (nSPS) is 21.5. The van der Waals surface area contributed by atoms with Crippen LogP contribution in [0.4, 0.5) is 0 Å². The van der Waals surface area contributed by atoms with Crippen LogP contribution >= 0.6 is 24.0 Å². The van der Waals surface area contributed by atoms with Gasteiger partial charge in [0.2, 0.25) is 0 Å². The molecule has 126 valence electrons. The number of hydrogen-bond acceptors (Lipinski definition) is 4. The highest BCUT2D eigenvalue weighted by Gasteiger charge is 2.29. The fourth-order valence-corrected chi connectivity index (χ4v) is 2.33. The van der Waals surface area contributed by atoms with Crippen LogP contribution in [0.2, 0.25) is 0 Å². The predicted molar refractivity (Wildman–Crippen MR) is 97.6 cm³/mol.